The van der Waals surface area contributed by atoms with E-state index in [9.17, 15) is 9.13 Å². The van der Waals surface area contributed by atoms with Gasteiger partial charge in [-0.25, -0.2) is 0 Å². The molecule has 4 heteroatoms. The molecule has 0 aliphatic heterocycles. The van der Waals surface area contributed by atoms with E-state index in [0.29, 0.717) is 10.6 Å². The summed E-state index contributed by atoms with van der Waals surface area (Å²) >= 11 is 0. The van der Waals surface area contributed by atoms with Crippen molar-refractivity contribution in [2.24, 2.45) is 0 Å². The van der Waals surface area contributed by atoms with Gasteiger partial charge in [0.05, 0.1) is 0 Å². The third-order valence-corrected chi connectivity index (χ3v) is 6.67. The molecule has 0 spiro atoms. The summed E-state index contributed by atoms with van der Waals surface area (Å²) in [6.07, 6.45) is 0. The van der Waals surface area contributed by atoms with Crippen molar-refractivity contribution in [3.63, 3.8) is 0 Å². The average molecular weight is 324 g/mol. The highest BCUT2D eigenvalue weighted by Gasteiger charge is 2.36. The lowest BCUT2D eigenvalue weighted by Gasteiger charge is -1.92. The molecule has 0 radical (unpaired) electrons. The van der Waals surface area contributed by atoms with Crippen LogP contribution in [0.3, 0.4) is 0 Å². The fraction of sp³-hybridized carbons (Fsp3) is 0. The molecule has 0 aromatic heterocycles. The maximum atomic E-state index is 12.8. The maximum Gasteiger partial charge on any atom is 0.420 e. The molecule has 0 aliphatic carbocycles. The van der Waals surface area contributed by atoms with Crippen LogP contribution in [-0.4, -0.2) is 0 Å². The third-order valence-electron chi connectivity index (χ3n) is 3.30. The fourth-order valence-electron chi connectivity index (χ4n) is 2.21. The van der Waals surface area contributed by atoms with Gasteiger partial charge in [0.1, 0.15) is 0 Å². The lowest BCUT2D eigenvalue weighted by Crippen LogP contribution is -2.23. The van der Waals surface area contributed by atoms with E-state index in [1.165, 1.54) is 0 Å². The van der Waals surface area contributed by atoms with Gasteiger partial charge >= 0.3 is 15.6 Å². The average Bonchev–Trinajstić information content (AvgIpc) is 2.62. The third kappa shape index (κ3) is 3.04. The Bertz CT molecular complexity index is 744. The molecular weight excluding hydrogens is 310 g/mol. The van der Waals surface area contributed by atoms with Crippen LogP contribution in [0.4, 0.5) is 0 Å². The standard InChI is InChI=1S/C18H14O2P2/c19-21(15-9-3-1-4-10-15)17-13-7-8-14-18(17)22(20)16-11-5-2-6-12-16/h1-14H/q+2. The highest BCUT2D eigenvalue weighted by molar-refractivity contribution is 7.67. The predicted molar refractivity (Wildman–Crippen MR) is 93.1 cm³/mol. The Hall–Kier alpha value is -2.14. The van der Waals surface area contributed by atoms with Gasteiger partial charge in [0.15, 0.2) is 10.6 Å². The minimum atomic E-state index is -1.75. The summed E-state index contributed by atoms with van der Waals surface area (Å²) in [7, 11) is -3.50. The Labute approximate surface area is 131 Å². The van der Waals surface area contributed by atoms with E-state index in [4.69, 9.17) is 0 Å². The van der Waals surface area contributed by atoms with E-state index < -0.39 is 15.6 Å². The molecule has 3 aromatic carbocycles. The summed E-state index contributed by atoms with van der Waals surface area (Å²) in [6.45, 7) is 0. The van der Waals surface area contributed by atoms with Gasteiger partial charge < -0.3 is 0 Å². The van der Waals surface area contributed by atoms with Crippen LogP contribution in [0.1, 0.15) is 0 Å². The molecule has 0 heterocycles. The fourth-order valence-corrected chi connectivity index (χ4v) is 5.21. The van der Waals surface area contributed by atoms with E-state index in [2.05, 4.69) is 0 Å². The molecule has 0 saturated heterocycles. The first kappa shape index (κ1) is 14.8. The van der Waals surface area contributed by atoms with Gasteiger partial charge in [-0.1, -0.05) is 57.7 Å². The molecule has 2 nitrogen and oxygen atoms in total. The number of benzene rings is 3. The first-order valence-corrected chi connectivity index (χ1v) is 9.43. The smallest absolute Gasteiger partial charge is 0.0619 e. The summed E-state index contributed by atoms with van der Waals surface area (Å²) in [6, 6.07) is 25.9. The summed E-state index contributed by atoms with van der Waals surface area (Å²) in [5, 5.41) is 2.80. The van der Waals surface area contributed by atoms with E-state index >= 15 is 0 Å². The Morgan fingerprint density at radius 3 is 1.14 bits per heavy atom. The van der Waals surface area contributed by atoms with Crippen LogP contribution in [0.25, 0.3) is 0 Å². The lowest BCUT2D eigenvalue weighted by atomic mass is 10.4. The Morgan fingerprint density at radius 2 is 0.773 bits per heavy atom. The van der Waals surface area contributed by atoms with E-state index in [0.717, 1.165) is 10.6 Å². The van der Waals surface area contributed by atoms with Crippen molar-refractivity contribution in [3.8, 4) is 0 Å². The molecule has 0 bridgehead atoms. The zero-order chi connectivity index (χ0) is 15.4. The molecule has 3 rings (SSSR count). The van der Waals surface area contributed by atoms with Gasteiger partial charge in [-0.15, -0.1) is 0 Å². The zero-order valence-electron chi connectivity index (χ0n) is 11.8. The highest BCUT2D eigenvalue weighted by Crippen LogP contribution is 2.25. The highest BCUT2D eigenvalue weighted by atomic mass is 31.1. The molecule has 3 aromatic rings. The first-order chi connectivity index (χ1) is 10.8. The van der Waals surface area contributed by atoms with Crippen molar-refractivity contribution in [2.75, 3.05) is 0 Å². The molecule has 0 N–H and O–H groups in total. The largest absolute Gasteiger partial charge is 0.420 e. The van der Waals surface area contributed by atoms with Crippen LogP contribution < -0.4 is 21.2 Å². The monoisotopic (exact) mass is 324 g/mol. The van der Waals surface area contributed by atoms with Crippen LogP contribution in [0.15, 0.2) is 84.9 Å². The second-order valence-electron chi connectivity index (χ2n) is 4.75. The predicted octanol–water partition coefficient (Wildman–Crippen LogP) is 3.24. The van der Waals surface area contributed by atoms with Crippen LogP contribution in [-0.2, 0) is 9.13 Å². The van der Waals surface area contributed by atoms with Crippen molar-refractivity contribution in [1.82, 2.24) is 0 Å². The second kappa shape index (κ2) is 6.75. The molecule has 0 fully saturated rings. The van der Waals surface area contributed by atoms with Crippen LogP contribution >= 0.6 is 15.6 Å². The number of rotatable bonds is 4. The Kier molecular flexibility index (Phi) is 4.53. The van der Waals surface area contributed by atoms with Crippen molar-refractivity contribution in [3.05, 3.63) is 84.9 Å². The first-order valence-electron chi connectivity index (χ1n) is 6.91. The SMILES string of the molecule is O=[P+](c1ccccc1)c1ccccc1[P+](=O)c1ccccc1. The van der Waals surface area contributed by atoms with Gasteiger partial charge in [-0.05, 0) is 36.4 Å². The van der Waals surface area contributed by atoms with E-state index in [1.54, 1.807) is 12.1 Å². The van der Waals surface area contributed by atoms with Crippen molar-refractivity contribution in [1.29, 1.82) is 0 Å². The second-order valence-corrected chi connectivity index (χ2v) is 7.92. The number of hydrogen-bond acceptors (Lipinski definition) is 2. The summed E-state index contributed by atoms with van der Waals surface area (Å²) in [4.78, 5) is 0. The molecular formula is C18H14O2P2+2. The van der Waals surface area contributed by atoms with Crippen LogP contribution in [0.5, 0.6) is 0 Å². The van der Waals surface area contributed by atoms with Gasteiger partial charge in [-0.2, -0.15) is 0 Å². The Balaban J connectivity index is 2.04. The van der Waals surface area contributed by atoms with Gasteiger partial charge in [-0.3, -0.25) is 0 Å². The van der Waals surface area contributed by atoms with Gasteiger partial charge in [0.25, 0.3) is 0 Å². The summed E-state index contributed by atoms with van der Waals surface area (Å²) in [5.74, 6) is 0. The van der Waals surface area contributed by atoms with Crippen LogP contribution in [0.2, 0.25) is 0 Å². The van der Waals surface area contributed by atoms with E-state index in [1.807, 2.05) is 72.8 Å². The Morgan fingerprint density at radius 1 is 0.455 bits per heavy atom. The molecule has 2 unspecified atom stereocenters. The quantitative estimate of drug-likeness (QED) is 0.691. The molecule has 0 aliphatic rings. The molecule has 106 valence electrons. The number of hydrogen-bond donors (Lipinski definition) is 0. The van der Waals surface area contributed by atoms with Crippen molar-refractivity contribution >= 4 is 36.8 Å². The summed E-state index contributed by atoms with van der Waals surface area (Å²) < 4.78 is 25.6. The molecule has 22 heavy (non-hydrogen) atoms. The normalized spacial score (nSPS) is 11.8. The van der Waals surface area contributed by atoms with Crippen molar-refractivity contribution in [2.45, 2.75) is 0 Å². The molecule has 0 saturated carbocycles. The lowest BCUT2D eigenvalue weighted by molar-refractivity contribution is 0.596. The minimum absolute atomic E-state index is 0.647. The van der Waals surface area contributed by atoms with Crippen molar-refractivity contribution < 1.29 is 9.13 Å². The zero-order valence-corrected chi connectivity index (χ0v) is 13.6. The van der Waals surface area contributed by atoms with Crippen LogP contribution in [0, 0.1) is 0 Å². The molecule has 0 amide bonds. The molecule has 2 atom stereocenters. The van der Waals surface area contributed by atoms with Gasteiger partial charge in [0, 0.05) is 0 Å². The van der Waals surface area contributed by atoms with E-state index in [-0.39, 0.29) is 0 Å². The van der Waals surface area contributed by atoms with Gasteiger partial charge in [0.2, 0.25) is 10.6 Å². The topological polar surface area (TPSA) is 34.1 Å². The maximum absolute atomic E-state index is 12.8. The summed E-state index contributed by atoms with van der Waals surface area (Å²) in [5.41, 5.74) is 0. The minimum Gasteiger partial charge on any atom is -0.0619 e.